The van der Waals surface area contributed by atoms with Crippen molar-refractivity contribution in [2.45, 2.75) is 26.3 Å². The molecule has 0 fully saturated rings. The van der Waals surface area contributed by atoms with Crippen LogP contribution in [0.1, 0.15) is 29.8 Å². The van der Waals surface area contributed by atoms with Gasteiger partial charge in [0.25, 0.3) is 0 Å². The van der Waals surface area contributed by atoms with Gasteiger partial charge >= 0.3 is 0 Å². The predicted molar refractivity (Wildman–Crippen MR) is 67.7 cm³/mol. The Morgan fingerprint density at radius 2 is 2.24 bits per heavy atom. The van der Waals surface area contributed by atoms with Crippen molar-refractivity contribution in [2.75, 3.05) is 20.3 Å². The molecule has 0 amide bonds. The topological polar surface area (TPSA) is 50.0 Å². The summed E-state index contributed by atoms with van der Waals surface area (Å²) in [5, 5.41) is 12.3. The van der Waals surface area contributed by atoms with Crippen LogP contribution in [0, 0.1) is 18.3 Å². The summed E-state index contributed by atoms with van der Waals surface area (Å²) in [6.07, 6.45) is 2.20. The zero-order valence-electron chi connectivity index (χ0n) is 10.9. The van der Waals surface area contributed by atoms with Gasteiger partial charge in [0, 0.05) is 33.0 Å². The maximum Gasteiger partial charge on any atom is 0.120 e. The van der Waals surface area contributed by atoms with E-state index in [-0.39, 0.29) is 0 Å². The fraction of sp³-hybridized carbons (Fsp3) is 0.615. The average molecular weight is 235 g/mol. The van der Waals surface area contributed by atoms with E-state index in [1.807, 2.05) is 24.6 Å². The molecule has 0 saturated carbocycles. The molecule has 0 aromatic carbocycles. The first kappa shape index (κ1) is 13.8. The molecular formula is C13H21N3O. The molecular weight excluding hydrogens is 214 g/mol. The maximum absolute atomic E-state index is 8.92. The predicted octanol–water partition coefficient (Wildman–Crippen LogP) is 1.72. The molecule has 0 radical (unpaired) electrons. The number of rotatable bonds is 7. The van der Waals surface area contributed by atoms with Gasteiger partial charge in [0.2, 0.25) is 0 Å². The second kappa shape index (κ2) is 7.10. The molecule has 0 aliphatic carbocycles. The van der Waals surface area contributed by atoms with Crippen LogP contribution in [0.25, 0.3) is 0 Å². The number of ether oxygens (including phenoxy) is 1. The quantitative estimate of drug-likeness (QED) is 0.732. The van der Waals surface area contributed by atoms with Gasteiger partial charge in [-0.15, -0.1) is 0 Å². The maximum atomic E-state index is 8.92. The number of nitrogens with one attached hydrogen (secondary N) is 1. The summed E-state index contributed by atoms with van der Waals surface area (Å²) in [6.45, 7) is 4.68. The number of unbranched alkanes of at least 4 members (excludes halogenated alkanes) is 1. The zero-order chi connectivity index (χ0) is 12.7. The van der Waals surface area contributed by atoms with Crippen LogP contribution >= 0.6 is 0 Å². The summed E-state index contributed by atoms with van der Waals surface area (Å²) >= 11 is 0. The summed E-state index contributed by atoms with van der Waals surface area (Å²) in [4.78, 5) is 0. The fourth-order valence-electron chi connectivity index (χ4n) is 1.77. The van der Waals surface area contributed by atoms with Crippen LogP contribution in [-0.4, -0.2) is 24.8 Å². The lowest BCUT2D eigenvalue weighted by atomic mass is 10.2. The Labute approximate surface area is 103 Å². The number of hydrogen-bond acceptors (Lipinski definition) is 3. The van der Waals surface area contributed by atoms with E-state index in [2.05, 4.69) is 11.4 Å². The Kier molecular flexibility index (Phi) is 5.75. The van der Waals surface area contributed by atoms with Crippen molar-refractivity contribution in [3.63, 3.8) is 0 Å². The van der Waals surface area contributed by atoms with Crippen molar-refractivity contribution >= 4 is 0 Å². The van der Waals surface area contributed by atoms with Gasteiger partial charge in [-0.05, 0) is 37.9 Å². The monoisotopic (exact) mass is 235 g/mol. The summed E-state index contributed by atoms with van der Waals surface area (Å²) < 4.78 is 6.92. The smallest absolute Gasteiger partial charge is 0.120 e. The minimum Gasteiger partial charge on any atom is -0.385 e. The van der Waals surface area contributed by atoms with Gasteiger partial charge in [0.05, 0.1) is 0 Å². The van der Waals surface area contributed by atoms with Gasteiger partial charge in [-0.25, -0.2) is 0 Å². The largest absolute Gasteiger partial charge is 0.385 e. The SMILES string of the molecule is COCCCCNCc1cc(C#N)n(C)c1C. The third kappa shape index (κ3) is 3.88. The van der Waals surface area contributed by atoms with Gasteiger partial charge in [-0.3, -0.25) is 0 Å². The molecule has 0 unspecified atom stereocenters. The van der Waals surface area contributed by atoms with Crippen molar-refractivity contribution < 1.29 is 4.74 Å². The molecule has 0 bridgehead atoms. The first-order valence-electron chi connectivity index (χ1n) is 5.95. The molecule has 94 valence electrons. The van der Waals surface area contributed by atoms with E-state index in [1.165, 1.54) is 5.56 Å². The van der Waals surface area contributed by atoms with Crippen LogP contribution in [0.2, 0.25) is 0 Å². The van der Waals surface area contributed by atoms with E-state index in [9.17, 15) is 0 Å². The standard InChI is InChI=1S/C13H21N3O/c1-11-12(8-13(9-14)16(11)2)10-15-6-4-5-7-17-3/h8,15H,4-7,10H2,1-3H3. The third-order valence-electron chi connectivity index (χ3n) is 3.02. The average Bonchev–Trinajstić information content (AvgIpc) is 2.61. The van der Waals surface area contributed by atoms with Gasteiger partial charge in [-0.2, -0.15) is 5.26 Å². The van der Waals surface area contributed by atoms with Gasteiger partial charge in [0.15, 0.2) is 0 Å². The Morgan fingerprint density at radius 1 is 1.47 bits per heavy atom. The summed E-state index contributed by atoms with van der Waals surface area (Å²) in [7, 11) is 3.65. The molecule has 1 aromatic rings. The van der Waals surface area contributed by atoms with Crippen LogP contribution < -0.4 is 5.32 Å². The minimum absolute atomic E-state index is 0.721. The van der Waals surface area contributed by atoms with E-state index < -0.39 is 0 Å². The van der Waals surface area contributed by atoms with Gasteiger partial charge in [-0.1, -0.05) is 0 Å². The second-order valence-electron chi connectivity index (χ2n) is 4.19. The molecule has 0 aliphatic heterocycles. The molecule has 1 aromatic heterocycles. The van der Waals surface area contributed by atoms with Crippen LogP contribution in [0.15, 0.2) is 6.07 Å². The number of methoxy groups -OCH3 is 1. The van der Waals surface area contributed by atoms with Crippen molar-refractivity contribution in [1.29, 1.82) is 5.26 Å². The summed E-state index contributed by atoms with van der Waals surface area (Å²) in [6, 6.07) is 4.15. The van der Waals surface area contributed by atoms with E-state index in [4.69, 9.17) is 10.00 Å². The number of nitriles is 1. The van der Waals surface area contributed by atoms with Gasteiger partial charge < -0.3 is 14.6 Å². The highest BCUT2D eigenvalue weighted by Gasteiger charge is 2.07. The molecule has 4 nitrogen and oxygen atoms in total. The summed E-state index contributed by atoms with van der Waals surface area (Å²) in [5.74, 6) is 0. The Hall–Kier alpha value is -1.31. The van der Waals surface area contributed by atoms with E-state index in [0.29, 0.717) is 0 Å². The zero-order valence-corrected chi connectivity index (χ0v) is 10.9. The Bertz CT molecular complexity index is 390. The van der Waals surface area contributed by atoms with Crippen molar-refractivity contribution in [3.05, 3.63) is 23.0 Å². The Morgan fingerprint density at radius 3 is 2.82 bits per heavy atom. The highest BCUT2D eigenvalue weighted by molar-refractivity contribution is 5.33. The molecule has 0 aliphatic rings. The van der Waals surface area contributed by atoms with Crippen LogP contribution in [0.4, 0.5) is 0 Å². The highest BCUT2D eigenvalue weighted by Crippen LogP contribution is 2.12. The molecule has 1 heterocycles. The first-order chi connectivity index (χ1) is 8.20. The fourth-order valence-corrected chi connectivity index (χ4v) is 1.77. The molecule has 4 heteroatoms. The molecule has 1 N–H and O–H groups in total. The number of aromatic nitrogens is 1. The minimum atomic E-state index is 0.721. The highest BCUT2D eigenvalue weighted by atomic mass is 16.5. The van der Waals surface area contributed by atoms with E-state index in [1.54, 1.807) is 7.11 Å². The van der Waals surface area contributed by atoms with Crippen molar-refractivity contribution in [2.24, 2.45) is 7.05 Å². The van der Waals surface area contributed by atoms with Crippen molar-refractivity contribution in [1.82, 2.24) is 9.88 Å². The lowest BCUT2D eigenvalue weighted by molar-refractivity contribution is 0.192. The second-order valence-corrected chi connectivity index (χ2v) is 4.19. The molecule has 0 saturated heterocycles. The van der Waals surface area contributed by atoms with Crippen LogP contribution in [0.3, 0.4) is 0 Å². The lowest BCUT2D eigenvalue weighted by Gasteiger charge is -2.05. The van der Waals surface area contributed by atoms with Gasteiger partial charge in [0.1, 0.15) is 11.8 Å². The number of nitrogens with zero attached hydrogens (tertiary/aromatic N) is 2. The van der Waals surface area contributed by atoms with E-state index >= 15 is 0 Å². The number of hydrogen-bond donors (Lipinski definition) is 1. The molecule has 1 rings (SSSR count). The molecule has 0 atom stereocenters. The molecule has 0 spiro atoms. The normalized spacial score (nSPS) is 10.5. The third-order valence-corrected chi connectivity index (χ3v) is 3.02. The molecule has 17 heavy (non-hydrogen) atoms. The summed E-state index contributed by atoms with van der Waals surface area (Å²) in [5.41, 5.74) is 3.08. The van der Waals surface area contributed by atoms with Crippen LogP contribution in [0.5, 0.6) is 0 Å². The van der Waals surface area contributed by atoms with Crippen LogP contribution in [-0.2, 0) is 18.3 Å². The Balaban J connectivity index is 2.35. The van der Waals surface area contributed by atoms with Crippen molar-refractivity contribution in [3.8, 4) is 6.07 Å². The lowest BCUT2D eigenvalue weighted by Crippen LogP contribution is -2.15. The van der Waals surface area contributed by atoms with E-state index in [0.717, 1.165) is 43.9 Å². The first-order valence-corrected chi connectivity index (χ1v) is 5.95.